The lowest BCUT2D eigenvalue weighted by Gasteiger charge is -2.29. The largest absolute Gasteiger partial charge is 0.383 e. The van der Waals surface area contributed by atoms with E-state index in [1.807, 2.05) is 62.4 Å². The van der Waals surface area contributed by atoms with Crippen LogP contribution in [0.15, 0.2) is 48.5 Å². The molecule has 1 aliphatic rings. The summed E-state index contributed by atoms with van der Waals surface area (Å²) in [7, 11) is 0. The van der Waals surface area contributed by atoms with Gasteiger partial charge in [0.25, 0.3) is 5.91 Å². The van der Waals surface area contributed by atoms with Gasteiger partial charge < -0.3 is 10.4 Å². The molecule has 1 unspecified atom stereocenters. The van der Waals surface area contributed by atoms with Gasteiger partial charge in [0.1, 0.15) is 5.60 Å². The number of nitrogens with one attached hydrogen (secondary N) is 1. The Morgan fingerprint density at radius 3 is 2.48 bits per heavy atom. The van der Waals surface area contributed by atoms with E-state index in [0.29, 0.717) is 5.56 Å². The summed E-state index contributed by atoms with van der Waals surface area (Å²) < 4.78 is 0. The van der Waals surface area contributed by atoms with Gasteiger partial charge in [0.15, 0.2) is 0 Å². The van der Waals surface area contributed by atoms with Crippen molar-refractivity contribution >= 4 is 5.91 Å². The van der Waals surface area contributed by atoms with Crippen LogP contribution in [0.25, 0.3) is 0 Å². The lowest BCUT2D eigenvalue weighted by atomic mass is 9.88. The van der Waals surface area contributed by atoms with Crippen molar-refractivity contribution < 1.29 is 9.90 Å². The number of benzene rings is 2. The molecule has 1 fully saturated rings. The lowest BCUT2D eigenvalue weighted by molar-refractivity contribution is 0.0135. The fourth-order valence-electron chi connectivity index (χ4n) is 3.15. The van der Waals surface area contributed by atoms with Crippen LogP contribution in [0.5, 0.6) is 0 Å². The number of rotatable bonds is 5. The molecule has 0 saturated heterocycles. The predicted octanol–water partition coefficient (Wildman–Crippen LogP) is 3.33. The summed E-state index contributed by atoms with van der Waals surface area (Å²) in [6.45, 7) is 4.19. The summed E-state index contributed by atoms with van der Waals surface area (Å²) in [5, 5.41) is 14.0. The number of hydrogen-bond acceptors (Lipinski definition) is 2. The molecule has 0 spiro atoms. The number of hydrogen-bond donors (Lipinski definition) is 2. The number of amides is 1. The minimum Gasteiger partial charge on any atom is -0.383 e. The van der Waals surface area contributed by atoms with Crippen molar-refractivity contribution in [3.63, 3.8) is 0 Å². The first-order valence-electron chi connectivity index (χ1n) is 8.14. The fourth-order valence-corrected chi connectivity index (χ4v) is 3.15. The van der Waals surface area contributed by atoms with Crippen LogP contribution in [0, 0.1) is 19.8 Å². The van der Waals surface area contributed by atoms with E-state index < -0.39 is 5.60 Å². The maximum atomic E-state index is 12.5. The summed E-state index contributed by atoms with van der Waals surface area (Å²) in [6, 6.07) is 15.4. The van der Waals surface area contributed by atoms with Crippen molar-refractivity contribution in [1.82, 2.24) is 5.32 Å². The predicted molar refractivity (Wildman–Crippen MR) is 91.3 cm³/mol. The normalized spacial score (nSPS) is 16.7. The summed E-state index contributed by atoms with van der Waals surface area (Å²) in [5.41, 5.74) is 2.66. The van der Waals surface area contributed by atoms with Gasteiger partial charge in [-0.1, -0.05) is 48.0 Å². The van der Waals surface area contributed by atoms with Crippen molar-refractivity contribution in [1.29, 1.82) is 0 Å². The highest BCUT2D eigenvalue weighted by atomic mass is 16.3. The second-order valence-corrected chi connectivity index (χ2v) is 6.57. The van der Waals surface area contributed by atoms with Crippen molar-refractivity contribution in [2.75, 3.05) is 6.54 Å². The van der Waals surface area contributed by atoms with E-state index in [1.54, 1.807) is 0 Å². The van der Waals surface area contributed by atoms with Crippen LogP contribution >= 0.6 is 0 Å². The van der Waals surface area contributed by atoms with E-state index in [2.05, 4.69) is 5.32 Å². The van der Waals surface area contributed by atoms with E-state index in [-0.39, 0.29) is 18.4 Å². The monoisotopic (exact) mass is 309 g/mol. The van der Waals surface area contributed by atoms with Gasteiger partial charge in [-0.3, -0.25) is 4.79 Å². The Bertz CT molecular complexity index is 707. The molecule has 0 aromatic heterocycles. The van der Waals surface area contributed by atoms with Gasteiger partial charge in [0.05, 0.1) is 6.54 Å². The van der Waals surface area contributed by atoms with E-state index >= 15 is 0 Å². The van der Waals surface area contributed by atoms with Gasteiger partial charge >= 0.3 is 0 Å². The Morgan fingerprint density at radius 2 is 1.87 bits per heavy atom. The van der Waals surface area contributed by atoms with Gasteiger partial charge in [-0.05, 0) is 49.8 Å². The van der Waals surface area contributed by atoms with E-state index in [4.69, 9.17) is 0 Å². The van der Waals surface area contributed by atoms with Gasteiger partial charge in [-0.2, -0.15) is 0 Å². The average molecular weight is 309 g/mol. The highest BCUT2D eigenvalue weighted by Gasteiger charge is 2.45. The molecule has 0 bridgehead atoms. The van der Waals surface area contributed by atoms with Gasteiger partial charge in [-0.25, -0.2) is 0 Å². The molecule has 0 aliphatic heterocycles. The van der Waals surface area contributed by atoms with Gasteiger partial charge in [0, 0.05) is 5.56 Å². The summed E-state index contributed by atoms with van der Waals surface area (Å²) in [5.74, 6) is 0.0989. The first kappa shape index (κ1) is 15.8. The first-order chi connectivity index (χ1) is 11.0. The molecule has 1 atom stereocenters. The molecule has 2 aromatic rings. The quantitative estimate of drug-likeness (QED) is 0.890. The zero-order chi connectivity index (χ0) is 16.4. The molecular formula is C20H23NO2. The highest BCUT2D eigenvalue weighted by molar-refractivity contribution is 5.95. The average Bonchev–Trinajstić information content (AvgIpc) is 3.38. The molecule has 1 aliphatic carbocycles. The molecule has 2 N–H and O–H groups in total. The minimum atomic E-state index is -0.977. The number of aliphatic hydroxyl groups is 1. The third-order valence-corrected chi connectivity index (χ3v) is 4.67. The topological polar surface area (TPSA) is 49.3 Å². The van der Waals surface area contributed by atoms with Gasteiger partial charge in [0.2, 0.25) is 0 Å². The van der Waals surface area contributed by atoms with Crippen LogP contribution < -0.4 is 5.32 Å². The van der Waals surface area contributed by atoms with Crippen LogP contribution in [0.2, 0.25) is 0 Å². The van der Waals surface area contributed by atoms with Gasteiger partial charge in [-0.15, -0.1) is 0 Å². The summed E-state index contributed by atoms with van der Waals surface area (Å²) in [6.07, 6.45) is 2.01. The maximum absolute atomic E-state index is 12.5. The molecule has 3 rings (SSSR count). The van der Waals surface area contributed by atoms with E-state index in [1.165, 1.54) is 0 Å². The molecular weight excluding hydrogens is 286 g/mol. The second kappa shape index (κ2) is 6.17. The first-order valence-corrected chi connectivity index (χ1v) is 8.14. The zero-order valence-electron chi connectivity index (χ0n) is 13.7. The van der Waals surface area contributed by atoms with Crippen LogP contribution in [0.4, 0.5) is 0 Å². The standard InChI is InChI=1S/C20H23NO2/c1-14-8-11-18(15(2)12-14)19(22)21-13-20(23,17-9-10-17)16-6-4-3-5-7-16/h3-8,11-12,17,23H,9-10,13H2,1-2H3,(H,21,22). The Hall–Kier alpha value is -2.13. The van der Waals surface area contributed by atoms with E-state index in [0.717, 1.165) is 29.5 Å². The SMILES string of the molecule is Cc1ccc(C(=O)NCC(O)(c2ccccc2)C2CC2)c(C)c1. The Kier molecular flexibility index (Phi) is 4.22. The molecule has 0 radical (unpaired) electrons. The maximum Gasteiger partial charge on any atom is 0.251 e. The zero-order valence-corrected chi connectivity index (χ0v) is 13.7. The number of carbonyl (C=O) groups is 1. The van der Waals surface area contributed by atoms with Crippen LogP contribution in [-0.4, -0.2) is 17.6 Å². The van der Waals surface area contributed by atoms with Crippen molar-refractivity contribution in [3.05, 3.63) is 70.8 Å². The van der Waals surface area contributed by atoms with Crippen molar-refractivity contribution in [2.24, 2.45) is 5.92 Å². The third kappa shape index (κ3) is 3.30. The highest BCUT2D eigenvalue weighted by Crippen LogP contribution is 2.45. The Morgan fingerprint density at radius 1 is 1.17 bits per heavy atom. The van der Waals surface area contributed by atoms with Crippen LogP contribution in [-0.2, 0) is 5.60 Å². The molecule has 3 heteroatoms. The summed E-state index contributed by atoms with van der Waals surface area (Å²) >= 11 is 0. The van der Waals surface area contributed by atoms with E-state index in [9.17, 15) is 9.90 Å². The van der Waals surface area contributed by atoms with Crippen LogP contribution in [0.3, 0.4) is 0 Å². The molecule has 120 valence electrons. The minimum absolute atomic E-state index is 0.127. The Labute approximate surface area is 137 Å². The molecule has 1 amide bonds. The Balaban J connectivity index is 1.76. The van der Waals surface area contributed by atoms with Crippen LogP contribution in [0.1, 0.15) is 39.9 Å². The molecule has 1 saturated carbocycles. The molecule has 23 heavy (non-hydrogen) atoms. The smallest absolute Gasteiger partial charge is 0.251 e. The van der Waals surface area contributed by atoms with Crippen molar-refractivity contribution in [2.45, 2.75) is 32.3 Å². The lowest BCUT2D eigenvalue weighted by Crippen LogP contribution is -2.42. The number of carbonyl (C=O) groups excluding carboxylic acids is 1. The molecule has 2 aromatic carbocycles. The number of aryl methyl sites for hydroxylation is 2. The fraction of sp³-hybridized carbons (Fsp3) is 0.350. The molecule has 0 heterocycles. The summed E-state index contributed by atoms with van der Waals surface area (Å²) in [4.78, 5) is 12.5. The van der Waals surface area contributed by atoms with Crippen molar-refractivity contribution in [3.8, 4) is 0 Å². The third-order valence-electron chi connectivity index (χ3n) is 4.67. The second-order valence-electron chi connectivity index (χ2n) is 6.57. The molecule has 3 nitrogen and oxygen atoms in total.